The minimum atomic E-state index is -0.924. The minimum absolute atomic E-state index is 0.0713. The Morgan fingerprint density at radius 1 is 1.43 bits per heavy atom. The summed E-state index contributed by atoms with van der Waals surface area (Å²) >= 11 is 0. The molecule has 1 atom stereocenters. The number of carboxylic acid groups (broad SMARTS) is 1. The fourth-order valence-corrected chi connectivity index (χ4v) is 1.78. The van der Waals surface area contributed by atoms with Crippen LogP contribution in [0.3, 0.4) is 0 Å². The molecule has 0 saturated carbocycles. The van der Waals surface area contributed by atoms with Crippen molar-refractivity contribution in [3.8, 4) is 5.75 Å². The number of nitrogens with one attached hydrogen (secondary N) is 1. The maximum absolute atomic E-state index is 11.9. The molecule has 6 nitrogen and oxygen atoms in total. The number of rotatable bonds is 7. The van der Waals surface area contributed by atoms with Crippen molar-refractivity contribution < 1.29 is 19.4 Å². The molecule has 0 bridgehead atoms. The zero-order valence-corrected chi connectivity index (χ0v) is 12.6. The van der Waals surface area contributed by atoms with E-state index in [9.17, 15) is 9.59 Å². The molecular formula is C15H22N2O4. The molecule has 1 aromatic carbocycles. The number of carbonyl (C=O) groups is 2. The molecule has 0 fully saturated rings. The van der Waals surface area contributed by atoms with Crippen LogP contribution in [0.1, 0.15) is 31.9 Å². The molecule has 6 heteroatoms. The lowest BCUT2D eigenvalue weighted by atomic mass is 10.1. The Kier molecular flexibility index (Phi) is 6.52. The van der Waals surface area contributed by atoms with E-state index in [4.69, 9.17) is 9.84 Å². The summed E-state index contributed by atoms with van der Waals surface area (Å²) in [7, 11) is 1.57. The first-order chi connectivity index (χ1) is 9.93. The van der Waals surface area contributed by atoms with Gasteiger partial charge in [0, 0.05) is 13.6 Å². The molecule has 0 aromatic heterocycles. The lowest BCUT2D eigenvalue weighted by molar-refractivity contribution is -0.137. The summed E-state index contributed by atoms with van der Waals surface area (Å²) in [5.74, 6) is -0.164. The van der Waals surface area contributed by atoms with E-state index in [1.54, 1.807) is 7.05 Å². The average Bonchev–Trinajstić information content (AvgIpc) is 2.45. The highest BCUT2D eigenvalue weighted by atomic mass is 16.5. The van der Waals surface area contributed by atoms with Crippen LogP contribution in [0.25, 0.3) is 0 Å². The summed E-state index contributed by atoms with van der Waals surface area (Å²) in [6.07, 6.45) is -0.0713. The van der Waals surface area contributed by atoms with Crippen molar-refractivity contribution in [3.05, 3.63) is 29.8 Å². The summed E-state index contributed by atoms with van der Waals surface area (Å²) < 4.78 is 5.43. The number of benzene rings is 1. The Balaban J connectivity index is 2.59. The van der Waals surface area contributed by atoms with Crippen LogP contribution < -0.4 is 10.1 Å². The first kappa shape index (κ1) is 16.8. The molecule has 1 rings (SSSR count). The third kappa shape index (κ3) is 5.72. The molecule has 0 aliphatic rings. The van der Waals surface area contributed by atoms with Crippen LogP contribution in [-0.4, -0.2) is 42.2 Å². The van der Waals surface area contributed by atoms with E-state index in [0.29, 0.717) is 6.61 Å². The quantitative estimate of drug-likeness (QED) is 0.808. The summed E-state index contributed by atoms with van der Waals surface area (Å²) in [5.41, 5.74) is 0.931. The SMILES string of the molecule is CCOc1cccc(C(C)NC(=O)N(C)CCC(=O)O)c1. The van der Waals surface area contributed by atoms with Crippen molar-refractivity contribution in [2.24, 2.45) is 0 Å². The highest BCUT2D eigenvalue weighted by Gasteiger charge is 2.14. The Morgan fingerprint density at radius 3 is 2.76 bits per heavy atom. The van der Waals surface area contributed by atoms with E-state index in [2.05, 4.69) is 5.32 Å². The third-order valence-corrected chi connectivity index (χ3v) is 3.02. The number of carbonyl (C=O) groups excluding carboxylic acids is 1. The molecule has 0 aliphatic heterocycles. The average molecular weight is 294 g/mol. The Bertz CT molecular complexity index is 490. The molecule has 2 amide bonds. The maximum atomic E-state index is 11.9. The van der Waals surface area contributed by atoms with Gasteiger partial charge in [-0.25, -0.2) is 4.79 Å². The van der Waals surface area contributed by atoms with Crippen molar-refractivity contribution in [3.63, 3.8) is 0 Å². The van der Waals surface area contributed by atoms with Crippen molar-refractivity contribution in [1.29, 1.82) is 0 Å². The van der Waals surface area contributed by atoms with E-state index in [1.165, 1.54) is 4.90 Å². The van der Waals surface area contributed by atoms with Gasteiger partial charge in [-0.3, -0.25) is 4.79 Å². The minimum Gasteiger partial charge on any atom is -0.494 e. The van der Waals surface area contributed by atoms with Gasteiger partial charge >= 0.3 is 12.0 Å². The number of amides is 2. The number of nitrogens with zero attached hydrogens (tertiary/aromatic N) is 1. The fraction of sp³-hybridized carbons (Fsp3) is 0.467. The number of carboxylic acids is 1. The van der Waals surface area contributed by atoms with Gasteiger partial charge in [0.1, 0.15) is 5.75 Å². The summed E-state index contributed by atoms with van der Waals surface area (Å²) in [5, 5.41) is 11.4. The maximum Gasteiger partial charge on any atom is 0.317 e. The highest BCUT2D eigenvalue weighted by Crippen LogP contribution is 2.19. The first-order valence-corrected chi connectivity index (χ1v) is 6.90. The van der Waals surface area contributed by atoms with E-state index in [0.717, 1.165) is 11.3 Å². The van der Waals surface area contributed by atoms with E-state index < -0.39 is 5.97 Å². The Labute approximate surface area is 124 Å². The second-order valence-corrected chi connectivity index (χ2v) is 4.74. The van der Waals surface area contributed by atoms with Gasteiger partial charge in [0.05, 0.1) is 19.1 Å². The second-order valence-electron chi connectivity index (χ2n) is 4.74. The molecule has 2 N–H and O–H groups in total. The predicted octanol–water partition coefficient (Wildman–Crippen LogP) is 2.26. The lowest BCUT2D eigenvalue weighted by Crippen LogP contribution is -2.39. The Hall–Kier alpha value is -2.24. The van der Waals surface area contributed by atoms with Crippen LogP contribution >= 0.6 is 0 Å². The number of urea groups is 1. The van der Waals surface area contributed by atoms with Crippen LogP contribution in [0.15, 0.2) is 24.3 Å². The van der Waals surface area contributed by atoms with Crippen LogP contribution in [0.5, 0.6) is 5.75 Å². The van der Waals surface area contributed by atoms with Gasteiger partial charge in [0.2, 0.25) is 0 Å². The number of ether oxygens (including phenoxy) is 1. The van der Waals surface area contributed by atoms with E-state index in [1.807, 2.05) is 38.1 Å². The predicted molar refractivity (Wildman–Crippen MR) is 79.4 cm³/mol. The number of aliphatic carboxylic acids is 1. The Morgan fingerprint density at radius 2 is 2.14 bits per heavy atom. The molecule has 1 aromatic rings. The standard InChI is InChI=1S/C15H22N2O4/c1-4-21-13-7-5-6-12(10-13)11(2)16-15(20)17(3)9-8-14(18)19/h5-7,10-11H,4,8-9H2,1-3H3,(H,16,20)(H,18,19). The molecule has 0 heterocycles. The summed E-state index contributed by atoms with van der Waals surface area (Å²) in [6.45, 7) is 4.54. The second kappa shape index (κ2) is 8.14. The topological polar surface area (TPSA) is 78.9 Å². The molecule has 1 unspecified atom stereocenters. The smallest absolute Gasteiger partial charge is 0.317 e. The molecular weight excluding hydrogens is 272 g/mol. The van der Waals surface area contributed by atoms with Crippen LogP contribution in [-0.2, 0) is 4.79 Å². The molecule has 0 radical (unpaired) electrons. The van der Waals surface area contributed by atoms with Crippen LogP contribution in [0.2, 0.25) is 0 Å². The first-order valence-electron chi connectivity index (χ1n) is 6.90. The van der Waals surface area contributed by atoms with Gasteiger partial charge in [0.15, 0.2) is 0 Å². The van der Waals surface area contributed by atoms with Crippen LogP contribution in [0, 0.1) is 0 Å². The summed E-state index contributed by atoms with van der Waals surface area (Å²) in [4.78, 5) is 23.8. The van der Waals surface area contributed by atoms with Crippen molar-refractivity contribution in [2.75, 3.05) is 20.2 Å². The van der Waals surface area contributed by atoms with Gasteiger partial charge in [-0.2, -0.15) is 0 Å². The van der Waals surface area contributed by atoms with Crippen molar-refractivity contribution in [1.82, 2.24) is 10.2 Å². The monoisotopic (exact) mass is 294 g/mol. The summed E-state index contributed by atoms with van der Waals surface area (Å²) in [6, 6.07) is 7.03. The van der Waals surface area contributed by atoms with Gasteiger partial charge in [-0.1, -0.05) is 12.1 Å². The van der Waals surface area contributed by atoms with Gasteiger partial charge in [0.25, 0.3) is 0 Å². The molecule has 0 spiro atoms. The van der Waals surface area contributed by atoms with Crippen molar-refractivity contribution >= 4 is 12.0 Å². The lowest BCUT2D eigenvalue weighted by Gasteiger charge is -2.21. The van der Waals surface area contributed by atoms with E-state index >= 15 is 0 Å². The van der Waals surface area contributed by atoms with Crippen LogP contribution in [0.4, 0.5) is 4.79 Å². The van der Waals surface area contributed by atoms with E-state index in [-0.39, 0.29) is 25.0 Å². The molecule has 0 saturated heterocycles. The van der Waals surface area contributed by atoms with Gasteiger partial charge in [-0.05, 0) is 31.5 Å². The van der Waals surface area contributed by atoms with Gasteiger partial charge < -0.3 is 20.1 Å². The number of hydrogen-bond donors (Lipinski definition) is 2. The molecule has 0 aliphatic carbocycles. The zero-order valence-electron chi connectivity index (χ0n) is 12.6. The molecule has 21 heavy (non-hydrogen) atoms. The third-order valence-electron chi connectivity index (χ3n) is 3.02. The van der Waals surface area contributed by atoms with Crippen molar-refractivity contribution in [2.45, 2.75) is 26.3 Å². The zero-order chi connectivity index (χ0) is 15.8. The highest BCUT2D eigenvalue weighted by molar-refractivity contribution is 5.75. The number of hydrogen-bond acceptors (Lipinski definition) is 3. The fourth-order valence-electron chi connectivity index (χ4n) is 1.78. The normalized spacial score (nSPS) is 11.6. The van der Waals surface area contributed by atoms with Gasteiger partial charge in [-0.15, -0.1) is 0 Å². The largest absolute Gasteiger partial charge is 0.494 e. The molecule has 116 valence electrons.